The molecule has 0 aliphatic heterocycles. The molecule has 0 radical (unpaired) electrons. The first-order valence-corrected chi connectivity index (χ1v) is 6.67. The lowest BCUT2D eigenvalue weighted by atomic mass is 10.1. The number of hydrogen-bond donors (Lipinski definition) is 1. The molecular formula is C15H20N4O. The van der Waals surface area contributed by atoms with Crippen LogP contribution in [0.3, 0.4) is 0 Å². The third kappa shape index (κ3) is 3.68. The average Bonchev–Trinajstić information content (AvgIpc) is 2.97. The van der Waals surface area contributed by atoms with Crippen LogP contribution in [0, 0.1) is 0 Å². The Morgan fingerprint density at radius 2 is 2.10 bits per heavy atom. The van der Waals surface area contributed by atoms with E-state index < -0.39 is 0 Å². The molecule has 5 nitrogen and oxygen atoms in total. The minimum Gasteiger partial charge on any atom is -0.349 e. The summed E-state index contributed by atoms with van der Waals surface area (Å²) < 4.78 is 1.85. The lowest BCUT2D eigenvalue weighted by Gasteiger charge is -2.12. The lowest BCUT2D eigenvalue weighted by molar-refractivity contribution is -0.128. The lowest BCUT2D eigenvalue weighted by Crippen LogP contribution is -2.26. The van der Waals surface area contributed by atoms with E-state index in [0.717, 1.165) is 17.8 Å². The van der Waals surface area contributed by atoms with Crippen LogP contribution in [-0.2, 0) is 11.3 Å². The fraction of sp³-hybridized carbons (Fsp3) is 0.333. The van der Waals surface area contributed by atoms with Crippen LogP contribution >= 0.6 is 0 Å². The van der Waals surface area contributed by atoms with Gasteiger partial charge in [-0.05, 0) is 17.7 Å². The van der Waals surface area contributed by atoms with Crippen LogP contribution in [0.2, 0.25) is 0 Å². The summed E-state index contributed by atoms with van der Waals surface area (Å²) in [6.45, 7) is 1.39. The van der Waals surface area contributed by atoms with Crippen molar-refractivity contribution >= 4 is 5.91 Å². The van der Waals surface area contributed by atoms with Crippen molar-refractivity contribution in [2.24, 2.45) is 0 Å². The molecule has 0 aliphatic rings. The van der Waals surface area contributed by atoms with Crippen LogP contribution in [0.25, 0.3) is 5.69 Å². The van der Waals surface area contributed by atoms with Crippen molar-refractivity contribution in [1.29, 1.82) is 0 Å². The zero-order chi connectivity index (χ0) is 14.4. The number of carbonyl (C=O) groups is 1. The van der Waals surface area contributed by atoms with E-state index in [2.05, 4.69) is 16.5 Å². The number of nitrogens with one attached hydrogen (secondary N) is 1. The van der Waals surface area contributed by atoms with Crippen molar-refractivity contribution in [3.8, 4) is 5.69 Å². The Balaban J connectivity index is 1.92. The maximum atomic E-state index is 11.5. The highest BCUT2D eigenvalue weighted by Crippen LogP contribution is 2.12. The summed E-state index contributed by atoms with van der Waals surface area (Å²) in [5, 5.41) is 7.56. The zero-order valence-corrected chi connectivity index (χ0v) is 11.9. The number of hydrogen-bond acceptors (Lipinski definition) is 3. The second-order valence-corrected chi connectivity index (χ2v) is 4.79. The predicted molar refractivity (Wildman–Crippen MR) is 78.6 cm³/mol. The Bertz CT molecular complexity index is 549. The molecule has 1 aromatic heterocycles. The van der Waals surface area contributed by atoms with Crippen LogP contribution in [0.15, 0.2) is 42.7 Å². The summed E-state index contributed by atoms with van der Waals surface area (Å²) in [7, 11) is 3.55. The SMILES string of the molecule is CN(C)C(=O)CCNCc1ccccc1-n1cccn1. The van der Waals surface area contributed by atoms with Crippen LogP contribution < -0.4 is 5.32 Å². The highest BCUT2D eigenvalue weighted by atomic mass is 16.2. The molecule has 5 heteroatoms. The number of amides is 1. The molecule has 2 aromatic rings. The molecule has 20 heavy (non-hydrogen) atoms. The van der Waals surface area contributed by atoms with Crippen LogP contribution in [0.4, 0.5) is 0 Å². The Morgan fingerprint density at radius 3 is 2.80 bits per heavy atom. The second kappa shape index (κ2) is 6.86. The van der Waals surface area contributed by atoms with Gasteiger partial charge in [0.25, 0.3) is 0 Å². The summed E-state index contributed by atoms with van der Waals surface area (Å²) in [5.74, 6) is 0.137. The number of rotatable bonds is 6. The van der Waals surface area contributed by atoms with Gasteiger partial charge in [-0.1, -0.05) is 18.2 Å². The summed E-state index contributed by atoms with van der Waals surface area (Å²) in [6.07, 6.45) is 4.20. The number of carbonyl (C=O) groups excluding carboxylic acids is 1. The monoisotopic (exact) mass is 272 g/mol. The first kappa shape index (κ1) is 14.3. The van der Waals surface area contributed by atoms with E-state index in [4.69, 9.17) is 0 Å². The molecule has 0 saturated heterocycles. The van der Waals surface area contributed by atoms with E-state index in [-0.39, 0.29) is 5.91 Å². The van der Waals surface area contributed by atoms with Crippen molar-refractivity contribution in [3.63, 3.8) is 0 Å². The van der Waals surface area contributed by atoms with Gasteiger partial charge in [-0.3, -0.25) is 4.79 Å². The van der Waals surface area contributed by atoms with Crippen molar-refractivity contribution in [3.05, 3.63) is 48.3 Å². The number of aromatic nitrogens is 2. The minimum atomic E-state index is 0.137. The van der Waals surface area contributed by atoms with Gasteiger partial charge < -0.3 is 10.2 Å². The molecule has 0 aliphatic carbocycles. The molecule has 106 valence electrons. The molecule has 1 amide bonds. The fourth-order valence-electron chi connectivity index (χ4n) is 1.94. The number of para-hydroxylation sites is 1. The summed E-state index contributed by atoms with van der Waals surface area (Å²) >= 11 is 0. The van der Waals surface area contributed by atoms with Gasteiger partial charge in [0.1, 0.15) is 0 Å². The standard InChI is InChI=1S/C15H20N4O/c1-18(2)15(20)8-10-16-12-13-6-3-4-7-14(13)19-11-5-9-17-19/h3-7,9,11,16H,8,10,12H2,1-2H3. The van der Waals surface area contributed by atoms with Gasteiger partial charge in [-0.25, -0.2) is 4.68 Å². The quantitative estimate of drug-likeness (QED) is 0.810. The first-order chi connectivity index (χ1) is 9.68. The van der Waals surface area contributed by atoms with Gasteiger partial charge in [0.05, 0.1) is 5.69 Å². The molecule has 1 aromatic carbocycles. The molecule has 0 unspecified atom stereocenters. The van der Waals surface area contributed by atoms with Gasteiger partial charge in [0.15, 0.2) is 0 Å². The molecule has 0 bridgehead atoms. The summed E-state index contributed by atoms with van der Waals surface area (Å²) in [4.78, 5) is 13.1. The van der Waals surface area contributed by atoms with E-state index >= 15 is 0 Å². The Kier molecular flexibility index (Phi) is 4.90. The van der Waals surface area contributed by atoms with E-state index in [9.17, 15) is 4.79 Å². The predicted octanol–water partition coefficient (Wildman–Crippen LogP) is 1.44. The van der Waals surface area contributed by atoms with E-state index in [1.165, 1.54) is 0 Å². The second-order valence-electron chi connectivity index (χ2n) is 4.79. The number of nitrogens with zero attached hydrogens (tertiary/aromatic N) is 3. The maximum absolute atomic E-state index is 11.5. The topological polar surface area (TPSA) is 50.2 Å². The van der Waals surface area contributed by atoms with Gasteiger partial charge in [0.2, 0.25) is 5.91 Å². The van der Waals surface area contributed by atoms with Gasteiger partial charge >= 0.3 is 0 Å². The van der Waals surface area contributed by atoms with Gasteiger partial charge in [-0.2, -0.15) is 5.10 Å². The van der Waals surface area contributed by atoms with Crippen molar-refractivity contribution < 1.29 is 4.79 Å². The zero-order valence-electron chi connectivity index (χ0n) is 11.9. The number of benzene rings is 1. The van der Waals surface area contributed by atoms with Crippen molar-refractivity contribution in [2.45, 2.75) is 13.0 Å². The van der Waals surface area contributed by atoms with Crippen molar-refractivity contribution in [1.82, 2.24) is 20.0 Å². The third-order valence-corrected chi connectivity index (χ3v) is 3.07. The summed E-state index contributed by atoms with van der Waals surface area (Å²) in [5.41, 5.74) is 2.22. The molecule has 1 heterocycles. The molecule has 0 saturated carbocycles. The normalized spacial score (nSPS) is 10.5. The fourth-order valence-corrected chi connectivity index (χ4v) is 1.94. The summed E-state index contributed by atoms with van der Waals surface area (Å²) in [6, 6.07) is 10.0. The van der Waals surface area contributed by atoms with Crippen molar-refractivity contribution in [2.75, 3.05) is 20.6 Å². The molecule has 2 rings (SSSR count). The van der Waals surface area contributed by atoms with Crippen LogP contribution in [0.5, 0.6) is 0 Å². The molecule has 0 atom stereocenters. The van der Waals surface area contributed by atoms with E-state index in [1.54, 1.807) is 25.2 Å². The smallest absolute Gasteiger partial charge is 0.223 e. The molecule has 0 fully saturated rings. The van der Waals surface area contributed by atoms with Crippen LogP contribution in [-0.4, -0.2) is 41.2 Å². The maximum Gasteiger partial charge on any atom is 0.223 e. The molecule has 1 N–H and O–H groups in total. The minimum absolute atomic E-state index is 0.137. The Hall–Kier alpha value is -2.14. The highest BCUT2D eigenvalue weighted by Gasteiger charge is 2.05. The highest BCUT2D eigenvalue weighted by molar-refractivity contribution is 5.75. The Morgan fingerprint density at radius 1 is 1.30 bits per heavy atom. The first-order valence-electron chi connectivity index (χ1n) is 6.67. The Labute approximate surface area is 119 Å². The third-order valence-electron chi connectivity index (χ3n) is 3.07. The average molecular weight is 272 g/mol. The van der Waals surface area contributed by atoms with Crippen LogP contribution in [0.1, 0.15) is 12.0 Å². The van der Waals surface area contributed by atoms with Gasteiger partial charge in [-0.15, -0.1) is 0 Å². The molecule has 0 spiro atoms. The van der Waals surface area contributed by atoms with Gasteiger partial charge in [0, 0.05) is 46.0 Å². The largest absolute Gasteiger partial charge is 0.349 e. The van der Waals surface area contributed by atoms with E-state index in [0.29, 0.717) is 13.0 Å². The van der Waals surface area contributed by atoms with E-state index in [1.807, 2.05) is 35.1 Å². The molecular weight excluding hydrogens is 252 g/mol.